The Morgan fingerprint density at radius 2 is 1.95 bits per heavy atom. The van der Waals surface area contributed by atoms with Gasteiger partial charge in [0.25, 0.3) is 0 Å². The number of hydrogen-bond acceptors (Lipinski definition) is 4. The Hall–Kier alpha value is -0.710. The van der Waals surface area contributed by atoms with Crippen LogP contribution in [0, 0.1) is 0 Å². The highest BCUT2D eigenvalue weighted by Crippen LogP contribution is 2.26. The minimum absolute atomic E-state index is 0.422. The fraction of sp³-hybridized carbons (Fsp3) is 0.647. The molecule has 0 spiro atoms. The summed E-state index contributed by atoms with van der Waals surface area (Å²) in [7, 11) is 1.69. The van der Waals surface area contributed by atoms with Gasteiger partial charge in [0.15, 0.2) is 0 Å². The van der Waals surface area contributed by atoms with Crippen LogP contribution >= 0.6 is 11.8 Å². The van der Waals surface area contributed by atoms with Crippen LogP contribution < -0.4 is 10.1 Å². The van der Waals surface area contributed by atoms with E-state index in [-0.39, 0.29) is 0 Å². The first-order chi connectivity index (χ1) is 10.1. The normalized spacial score (nSPS) is 19.2. The molecule has 0 amide bonds. The molecule has 1 unspecified atom stereocenters. The van der Waals surface area contributed by atoms with Gasteiger partial charge in [-0.25, -0.2) is 0 Å². The van der Waals surface area contributed by atoms with Crippen molar-refractivity contribution in [3.05, 3.63) is 29.8 Å². The molecule has 0 radical (unpaired) electrons. The molecule has 21 heavy (non-hydrogen) atoms. The van der Waals surface area contributed by atoms with E-state index in [0.29, 0.717) is 6.04 Å². The zero-order chi connectivity index (χ0) is 15.1. The Morgan fingerprint density at radius 3 is 2.57 bits per heavy atom. The first kappa shape index (κ1) is 16.7. The summed E-state index contributed by atoms with van der Waals surface area (Å²) in [5.74, 6) is 3.07. The number of benzene rings is 1. The maximum Gasteiger partial charge on any atom is 0.118 e. The second-order valence-electron chi connectivity index (χ2n) is 6.01. The fourth-order valence-corrected chi connectivity index (χ4v) is 3.82. The van der Waals surface area contributed by atoms with Crippen molar-refractivity contribution in [2.45, 2.75) is 44.2 Å². The lowest BCUT2D eigenvalue weighted by atomic mass is 9.96. The van der Waals surface area contributed by atoms with Gasteiger partial charge in [0, 0.05) is 12.6 Å². The molecule has 0 bridgehead atoms. The first-order valence-corrected chi connectivity index (χ1v) is 8.93. The summed E-state index contributed by atoms with van der Waals surface area (Å²) in [5.41, 5.74) is 0.844. The number of thioether (sulfide) groups is 1. The average Bonchev–Trinajstić information content (AvgIpc) is 2.52. The van der Waals surface area contributed by atoms with Gasteiger partial charge < -0.3 is 15.2 Å². The summed E-state index contributed by atoms with van der Waals surface area (Å²) in [6.07, 6.45) is 3.95. The van der Waals surface area contributed by atoms with Gasteiger partial charge in [-0.05, 0) is 61.8 Å². The highest BCUT2D eigenvalue weighted by Gasteiger charge is 2.29. The van der Waals surface area contributed by atoms with Crippen molar-refractivity contribution in [2.75, 3.05) is 25.2 Å². The van der Waals surface area contributed by atoms with Crippen molar-refractivity contribution in [1.29, 1.82) is 0 Å². The topological polar surface area (TPSA) is 41.5 Å². The standard InChI is InChI=1S/C17H27NO2S/c1-14(18-13-17(19)9-11-21-12-10-17)3-4-15-5-7-16(20-2)8-6-15/h5-8,14,18-19H,3-4,9-13H2,1-2H3. The van der Waals surface area contributed by atoms with Crippen LogP contribution in [0.15, 0.2) is 24.3 Å². The van der Waals surface area contributed by atoms with Crippen LogP contribution in [0.5, 0.6) is 5.75 Å². The number of rotatable bonds is 7. The predicted octanol–water partition coefficient (Wildman–Crippen LogP) is 2.86. The zero-order valence-electron chi connectivity index (χ0n) is 13.1. The molecule has 3 nitrogen and oxygen atoms in total. The Morgan fingerprint density at radius 1 is 1.29 bits per heavy atom. The summed E-state index contributed by atoms with van der Waals surface area (Å²) in [6.45, 7) is 2.92. The molecule has 1 aliphatic heterocycles. The molecule has 118 valence electrons. The predicted molar refractivity (Wildman–Crippen MR) is 90.3 cm³/mol. The third kappa shape index (κ3) is 5.53. The maximum absolute atomic E-state index is 10.5. The third-order valence-corrected chi connectivity index (χ3v) is 5.21. The minimum Gasteiger partial charge on any atom is -0.497 e. The van der Waals surface area contributed by atoms with Gasteiger partial charge in [0.2, 0.25) is 0 Å². The van der Waals surface area contributed by atoms with Gasteiger partial charge in [0.05, 0.1) is 12.7 Å². The summed E-state index contributed by atoms with van der Waals surface area (Å²) in [5, 5.41) is 14.0. The Kier molecular flexibility index (Phi) is 6.40. The van der Waals surface area contributed by atoms with Crippen molar-refractivity contribution in [1.82, 2.24) is 5.32 Å². The number of aryl methyl sites for hydroxylation is 1. The first-order valence-electron chi connectivity index (χ1n) is 7.78. The second kappa shape index (κ2) is 8.06. The van der Waals surface area contributed by atoms with E-state index in [4.69, 9.17) is 4.74 Å². The van der Waals surface area contributed by atoms with Crippen molar-refractivity contribution in [2.24, 2.45) is 0 Å². The van der Waals surface area contributed by atoms with E-state index < -0.39 is 5.60 Å². The van der Waals surface area contributed by atoms with Crippen LogP contribution in [-0.2, 0) is 6.42 Å². The molecule has 1 heterocycles. The number of nitrogens with one attached hydrogen (secondary N) is 1. The molecular weight excluding hydrogens is 282 g/mol. The Balaban J connectivity index is 1.70. The molecule has 1 aliphatic rings. The van der Waals surface area contributed by atoms with Crippen molar-refractivity contribution >= 4 is 11.8 Å². The Labute approximate surface area is 132 Å². The second-order valence-corrected chi connectivity index (χ2v) is 7.23. The molecule has 1 aromatic carbocycles. The number of aliphatic hydroxyl groups is 1. The van der Waals surface area contributed by atoms with Gasteiger partial charge in [-0.15, -0.1) is 0 Å². The van der Waals surface area contributed by atoms with Gasteiger partial charge in [-0.2, -0.15) is 11.8 Å². The third-order valence-electron chi connectivity index (χ3n) is 4.23. The molecule has 1 saturated heterocycles. The lowest BCUT2D eigenvalue weighted by Crippen LogP contribution is -2.46. The van der Waals surface area contributed by atoms with Gasteiger partial charge >= 0.3 is 0 Å². The van der Waals surface area contributed by atoms with E-state index in [0.717, 1.165) is 49.5 Å². The van der Waals surface area contributed by atoms with E-state index in [1.165, 1.54) is 5.56 Å². The molecule has 0 aliphatic carbocycles. The molecule has 2 N–H and O–H groups in total. The highest BCUT2D eigenvalue weighted by atomic mass is 32.2. The van der Waals surface area contributed by atoms with Crippen molar-refractivity contribution in [3.8, 4) is 5.75 Å². The summed E-state index contributed by atoms with van der Waals surface area (Å²) >= 11 is 1.94. The lowest BCUT2D eigenvalue weighted by Gasteiger charge is -2.33. The van der Waals surface area contributed by atoms with Crippen LogP contribution in [0.3, 0.4) is 0 Å². The monoisotopic (exact) mass is 309 g/mol. The van der Waals surface area contributed by atoms with Crippen LogP contribution in [-0.4, -0.2) is 41.9 Å². The van der Waals surface area contributed by atoms with Crippen LogP contribution in [0.4, 0.5) is 0 Å². The number of ether oxygens (including phenoxy) is 1. The molecular formula is C17H27NO2S. The van der Waals surface area contributed by atoms with E-state index in [2.05, 4.69) is 24.4 Å². The van der Waals surface area contributed by atoms with E-state index in [9.17, 15) is 5.11 Å². The molecule has 1 fully saturated rings. The van der Waals surface area contributed by atoms with Gasteiger partial charge in [-0.3, -0.25) is 0 Å². The Bertz CT molecular complexity index is 415. The van der Waals surface area contributed by atoms with Crippen LogP contribution in [0.1, 0.15) is 31.7 Å². The SMILES string of the molecule is COc1ccc(CCC(C)NCC2(O)CCSCC2)cc1. The van der Waals surface area contributed by atoms with Crippen molar-refractivity contribution < 1.29 is 9.84 Å². The fourth-order valence-electron chi connectivity index (χ4n) is 2.57. The molecule has 1 atom stereocenters. The van der Waals surface area contributed by atoms with E-state index in [1.54, 1.807) is 7.11 Å². The summed E-state index contributed by atoms with van der Waals surface area (Å²) in [6, 6.07) is 8.69. The summed E-state index contributed by atoms with van der Waals surface area (Å²) < 4.78 is 5.17. The molecule has 1 aromatic rings. The van der Waals surface area contributed by atoms with Crippen LogP contribution in [0.25, 0.3) is 0 Å². The average molecular weight is 309 g/mol. The van der Waals surface area contributed by atoms with Crippen LogP contribution in [0.2, 0.25) is 0 Å². The molecule has 0 aromatic heterocycles. The maximum atomic E-state index is 10.5. The number of methoxy groups -OCH3 is 1. The molecule has 0 saturated carbocycles. The van der Waals surface area contributed by atoms with E-state index in [1.807, 2.05) is 23.9 Å². The lowest BCUT2D eigenvalue weighted by molar-refractivity contribution is 0.0298. The largest absolute Gasteiger partial charge is 0.497 e. The van der Waals surface area contributed by atoms with Gasteiger partial charge in [-0.1, -0.05) is 12.1 Å². The summed E-state index contributed by atoms with van der Waals surface area (Å²) in [4.78, 5) is 0. The minimum atomic E-state index is -0.486. The molecule has 4 heteroatoms. The van der Waals surface area contributed by atoms with E-state index >= 15 is 0 Å². The van der Waals surface area contributed by atoms with Gasteiger partial charge in [0.1, 0.15) is 5.75 Å². The molecule has 2 rings (SSSR count). The number of hydrogen-bond donors (Lipinski definition) is 2. The zero-order valence-corrected chi connectivity index (χ0v) is 13.9. The highest BCUT2D eigenvalue weighted by molar-refractivity contribution is 7.99. The quantitative estimate of drug-likeness (QED) is 0.813. The van der Waals surface area contributed by atoms with Crippen molar-refractivity contribution in [3.63, 3.8) is 0 Å². The smallest absolute Gasteiger partial charge is 0.118 e.